The van der Waals surface area contributed by atoms with Gasteiger partial charge in [-0.15, -0.1) is 0 Å². The summed E-state index contributed by atoms with van der Waals surface area (Å²) in [6.07, 6.45) is 1.84. The van der Waals surface area contributed by atoms with Crippen LogP contribution in [0.4, 0.5) is 0 Å². The van der Waals surface area contributed by atoms with E-state index < -0.39 is 0 Å². The van der Waals surface area contributed by atoms with Crippen molar-refractivity contribution < 1.29 is 9.84 Å². The van der Waals surface area contributed by atoms with E-state index in [9.17, 15) is 5.11 Å². The third kappa shape index (κ3) is 4.85. The Balaban J connectivity index is 1.53. The second-order valence-electron chi connectivity index (χ2n) is 7.53. The van der Waals surface area contributed by atoms with Crippen molar-refractivity contribution in [2.45, 2.75) is 19.2 Å². The molecule has 1 aliphatic heterocycles. The Morgan fingerprint density at radius 3 is 2.62 bits per heavy atom. The maximum absolute atomic E-state index is 10.0. The molecule has 0 aliphatic carbocycles. The van der Waals surface area contributed by atoms with Crippen molar-refractivity contribution in [3.63, 3.8) is 0 Å². The zero-order valence-electron chi connectivity index (χ0n) is 16.7. The van der Waals surface area contributed by atoms with Crippen LogP contribution in [0.3, 0.4) is 0 Å². The van der Waals surface area contributed by atoms with E-state index in [-0.39, 0.29) is 12.0 Å². The molecule has 6 nitrogen and oxygen atoms in total. The lowest BCUT2D eigenvalue weighted by Gasteiger charge is -2.14. The molecule has 2 heterocycles. The highest BCUT2D eigenvalue weighted by Crippen LogP contribution is 2.25. The van der Waals surface area contributed by atoms with E-state index in [0.717, 1.165) is 42.2 Å². The summed E-state index contributed by atoms with van der Waals surface area (Å²) < 4.78 is 7.28. The highest BCUT2D eigenvalue weighted by Gasteiger charge is 2.24. The largest absolute Gasteiger partial charge is 0.497 e. The molecule has 2 atom stereocenters. The van der Waals surface area contributed by atoms with Crippen LogP contribution < -0.4 is 15.4 Å². The summed E-state index contributed by atoms with van der Waals surface area (Å²) in [5.74, 6) is 1.08. The smallest absolute Gasteiger partial charge is 0.118 e. The molecule has 2 unspecified atom stereocenters. The van der Waals surface area contributed by atoms with E-state index in [1.165, 1.54) is 5.56 Å². The lowest BCUT2D eigenvalue weighted by Crippen LogP contribution is -2.30. The number of methoxy groups -OCH3 is 1. The Hall–Kier alpha value is -2.67. The van der Waals surface area contributed by atoms with Crippen LogP contribution in [-0.4, -0.2) is 47.7 Å². The van der Waals surface area contributed by atoms with Crippen molar-refractivity contribution in [2.24, 2.45) is 5.92 Å². The molecule has 1 fully saturated rings. The van der Waals surface area contributed by atoms with E-state index in [0.29, 0.717) is 13.1 Å². The van der Waals surface area contributed by atoms with Crippen molar-refractivity contribution in [2.75, 3.05) is 26.7 Å². The molecule has 0 radical (unpaired) electrons. The summed E-state index contributed by atoms with van der Waals surface area (Å²) >= 11 is 0. The summed E-state index contributed by atoms with van der Waals surface area (Å²) in [6.45, 7) is 3.75. The minimum Gasteiger partial charge on any atom is -0.497 e. The Morgan fingerprint density at radius 2 is 1.93 bits per heavy atom. The van der Waals surface area contributed by atoms with Crippen molar-refractivity contribution in [3.05, 3.63) is 71.9 Å². The number of nitrogens with one attached hydrogen (secondary N) is 2. The molecule has 1 aromatic heterocycles. The topological polar surface area (TPSA) is 71.3 Å². The third-order valence-electron chi connectivity index (χ3n) is 5.41. The summed E-state index contributed by atoms with van der Waals surface area (Å²) in [5, 5.41) is 21.6. The molecule has 1 aliphatic rings. The van der Waals surface area contributed by atoms with Crippen LogP contribution in [0.15, 0.2) is 60.8 Å². The van der Waals surface area contributed by atoms with Gasteiger partial charge in [-0.05, 0) is 29.8 Å². The maximum Gasteiger partial charge on any atom is 0.118 e. The van der Waals surface area contributed by atoms with Gasteiger partial charge in [-0.3, -0.25) is 4.68 Å². The van der Waals surface area contributed by atoms with Gasteiger partial charge in [0.2, 0.25) is 0 Å². The lowest BCUT2D eigenvalue weighted by molar-refractivity contribution is 0.146. The second-order valence-corrected chi connectivity index (χ2v) is 7.53. The lowest BCUT2D eigenvalue weighted by atomic mass is 10.1. The number of hydrogen-bond donors (Lipinski definition) is 3. The molecule has 6 heteroatoms. The molecule has 4 rings (SSSR count). The third-order valence-corrected chi connectivity index (χ3v) is 5.41. The zero-order chi connectivity index (χ0) is 20.1. The second kappa shape index (κ2) is 9.22. The molecule has 29 heavy (non-hydrogen) atoms. The van der Waals surface area contributed by atoms with E-state index in [1.807, 2.05) is 47.1 Å². The molecule has 2 aromatic carbocycles. The number of aromatic nitrogens is 2. The fraction of sp³-hybridized carbons (Fsp3) is 0.348. The molecular formula is C23H28N4O2. The number of aliphatic hydroxyl groups is 1. The van der Waals surface area contributed by atoms with Crippen LogP contribution in [0.2, 0.25) is 0 Å². The van der Waals surface area contributed by atoms with Crippen LogP contribution >= 0.6 is 0 Å². The number of β-amino-alcohol motifs (C(OH)–C–C–N with tert-alkyl or cyclic N) is 1. The number of rotatable bonds is 8. The van der Waals surface area contributed by atoms with Gasteiger partial charge in [-0.25, -0.2) is 0 Å². The average Bonchev–Trinajstić information content (AvgIpc) is 3.35. The van der Waals surface area contributed by atoms with Gasteiger partial charge in [0.15, 0.2) is 0 Å². The quantitative estimate of drug-likeness (QED) is 0.549. The highest BCUT2D eigenvalue weighted by molar-refractivity contribution is 5.63. The number of nitrogens with zero attached hydrogens (tertiary/aromatic N) is 2. The van der Waals surface area contributed by atoms with E-state index in [1.54, 1.807) is 7.11 Å². The fourth-order valence-electron chi connectivity index (χ4n) is 3.76. The van der Waals surface area contributed by atoms with Gasteiger partial charge in [0, 0.05) is 49.4 Å². The van der Waals surface area contributed by atoms with Gasteiger partial charge in [-0.1, -0.05) is 30.3 Å². The average molecular weight is 393 g/mol. The Bertz CT molecular complexity index is 908. The Kier molecular flexibility index (Phi) is 6.24. The van der Waals surface area contributed by atoms with E-state index in [2.05, 4.69) is 29.0 Å². The van der Waals surface area contributed by atoms with Crippen molar-refractivity contribution in [1.82, 2.24) is 20.4 Å². The minimum atomic E-state index is -0.274. The van der Waals surface area contributed by atoms with Crippen LogP contribution in [0, 0.1) is 5.92 Å². The maximum atomic E-state index is 10.0. The van der Waals surface area contributed by atoms with Crippen LogP contribution in [0.1, 0.15) is 11.1 Å². The van der Waals surface area contributed by atoms with Crippen LogP contribution in [0.25, 0.3) is 11.3 Å². The van der Waals surface area contributed by atoms with Gasteiger partial charge in [0.1, 0.15) is 5.75 Å². The fourth-order valence-corrected chi connectivity index (χ4v) is 3.76. The van der Waals surface area contributed by atoms with E-state index >= 15 is 0 Å². The Labute approximate surface area is 171 Å². The molecule has 1 saturated heterocycles. The predicted molar refractivity (Wildman–Crippen MR) is 114 cm³/mol. The number of ether oxygens (including phenoxy) is 1. The Morgan fingerprint density at radius 1 is 1.14 bits per heavy atom. The number of benzene rings is 2. The molecule has 152 valence electrons. The first kappa shape index (κ1) is 19.6. The standard InChI is InChI=1S/C23H28N4O2/c1-29-21-9-7-18(8-10-21)23-20(13-24-11-19-12-25-14-22(19)28)16-27(26-23)15-17-5-3-2-4-6-17/h2-10,16,19,22,24-25,28H,11-15H2,1H3. The molecule has 0 amide bonds. The first-order chi connectivity index (χ1) is 14.2. The summed E-state index contributed by atoms with van der Waals surface area (Å²) in [6, 6.07) is 18.4. The predicted octanol–water partition coefficient (Wildman–Crippen LogP) is 2.28. The van der Waals surface area contributed by atoms with Gasteiger partial charge in [0.25, 0.3) is 0 Å². The molecule has 0 bridgehead atoms. The molecule has 3 aromatic rings. The summed E-state index contributed by atoms with van der Waals surface area (Å²) in [4.78, 5) is 0. The monoisotopic (exact) mass is 392 g/mol. The molecule has 0 spiro atoms. The summed E-state index contributed by atoms with van der Waals surface area (Å²) in [5.41, 5.74) is 4.40. The first-order valence-electron chi connectivity index (χ1n) is 10.1. The summed E-state index contributed by atoms with van der Waals surface area (Å²) in [7, 11) is 1.67. The molecule has 0 saturated carbocycles. The number of hydrogen-bond acceptors (Lipinski definition) is 5. The minimum absolute atomic E-state index is 0.249. The molecular weight excluding hydrogens is 364 g/mol. The van der Waals surface area contributed by atoms with Gasteiger partial charge in [-0.2, -0.15) is 5.10 Å². The van der Waals surface area contributed by atoms with Gasteiger partial charge in [0.05, 0.1) is 25.5 Å². The normalized spacial score (nSPS) is 18.8. The van der Waals surface area contributed by atoms with Crippen molar-refractivity contribution in [1.29, 1.82) is 0 Å². The first-order valence-corrected chi connectivity index (χ1v) is 10.1. The molecule has 3 N–H and O–H groups in total. The van der Waals surface area contributed by atoms with E-state index in [4.69, 9.17) is 9.84 Å². The van der Waals surface area contributed by atoms with Crippen LogP contribution in [-0.2, 0) is 13.1 Å². The number of aliphatic hydroxyl groups excluding tert-OH is 1. The van der Waals surface area contributed by atoms with Gasteiger partial charge >= 0.3 is 0 Å². The van der Waals surface area contributed by atoms with Crippen molar-refractivity contribution >= 4 is 0 Å². The van der Waals surface area contributed by atoms with Gasteiger partial charge < -0.3 is 20.5 Å². The SMILES string of the molecule is COc1ccc(-c2nn(Cc3ccccc3)cc2CNCC2CNCC2O)cc1. The van der Waals surface area contributed by atoms with Crippen LogP contribution in [0.5, 0.6) is 5.75 Å². The highest BCUT2D eigenvalue weighted by atomic mass is 16.5. The zero-order valence-corrected chi connectivity index (χ0v) is 16.7. The van der Waals surface area contributed by atoms with Crippen molar-refractivity contribution in [3.8, 4) is 17.0 Å².